The predicted octanol–water partition coefficient (Wildman–Crippen LogP) is 2.19. The summed E-state index contributed by atoms with van der Waals surface area (Å²) in [6.45, 7) is 2.46. The summed E-state index contributed by atoms with van der Waals surface area (Å²) in [5.41, 5.74) is 11.9. The molecule has 1 unspecified atom stereocenters. The number of nitrogen functional groups attached to an aromatic ring is 1. The third-order valence-corrected chi connectivity index (χ3v) is 6.63. The molecule has 2 aromatic carbocycles. The Labute approximate surface area is 228 Å². The molecule has 0 saturated carbocycles. The zero-order chi connectivity index (χ0) is 27.8. The second-order valence-corrected chi connectivity index (χ2v) is 9.25. The van der Waals surface area contributed by atoms with Crippen molar-refractivity contribution in [2.75, 3.05) is 19.3 Å². The molecule has 5 aromatic rings. The fourth-order valence-corrected chi connectivity index (χ4v) is 4.69. The minimum Gasteiger partial charge on any atom is -0.381 e. The third kappa shape index (κ3) is 4.32. The van der Waals surface area contributed by atoms with Gasteiger partial charge in [0.15, 0.2) is 11.5 Å². The van der Waals surface area contributed by atoms with Gasteiger partial charge in [-0.05, 0) is 49.3 Å². The fourth-order valence-electron chi connectivity index (χ4n) is 4.69. The second kappa shape index (κ2) is 10.0. The van der Waals surface area contributed by atoms with Crippen molar-refractivity contribution >= 4 is 28.3 Å². The monoisotopic (exact) mass is 531 g/mol. The van der Waals surface area contributed by atoms with Crippen molar-refractivity contribution in [3.8, 4) is 17.5 Å². The van der Waals surface area contributed by atoms with Gasteiger partial charge in [0.05, 0.1) is 28.3 Å². The molecule has 40 heavy (non-hydrogen) atoms. The minimum absolute atomic E-state index is 0.0526. The molecule has 4 N–H and O–H groups in total. The topological polar surface area (TPSA) is 135 Å². The number of benzene rings is 2. The number of nitrogens with two attached hydrogens (primary N) is 1. The van der Waals surface area contributed by atoms with Crippen LogP contribution in [0.25, 0.3) is 22.2 Å². The molecule has 4 heterocycles. The zero-order valence-corrected chi connectivity index (χ0v) is 21.8. The average Bonchev–Trinajstić information content (AvgIpc) is 3.53. The van der Waals surface area contributed by atoms with Gasteiger partial charge in [0.2, 0.25) is 0 Å². The lowest BCUT2D eigenvalue weighted by molar-refractivity contribution is 0.0940. The van der Waals surface area contributed by atoms with E-state index in [0.29, 0.717) is 40.2 Å². The van der Waals surface area contributed by atoms with Crippen LogP contribution in [0.1, 0.15) is 34.7 Å². The number of nitrogens with one attached hydrogen (secondary N) is 2. The van der Waals surface area contributed by atoms with Gasteiger partial charge in [-0.2, -0.15) is 0 Å². The number of para-hydroxylation sites is 1. The number of fused-ring (bicyclic) bond motifs is 2. The van der Waals surface area contributed by atoms with E-state index in [0.717, 1.165) is 5.70 Å². The Morgan fingerprint density at radius 3 is 2.73 bits per heavy atom. The van der Waals surface area contributed by atoms with Gasteiger partial charge in [-0.25, -0.2) is 19.9 Å². The van der Waals surface area contributed by atoms with E-state index in [1.807, 2.05) is 60.6 Å². The molecular formula is C29H25N9O2. The van der Waals surface area contributed by atoms with Gasteiger partial charge < -0.3 is 16.1 Å². The molecule has 11 heteroatoms. The second-order valence-electron chi connectivity index (χ2n) is 9.25. The maximum absolute atomic E-state index is 14.1. The first-order chi connectivity index (χ1) is 19.4. The Balaban J connectivity index is 1.47. The standard InChI is InChI=1S/C29H25N9O2/c1-18(33-28(39)24-25(30)35-37-17-7-15-31-27(24)37)26-34-22-11-6-8-19(12-13-20-14-16-32-36(20)2)23(22)29(40)38(26)21-9-4-3-5-10-21/h3-11,14-15,17-18,32H,16H2,1-2H3,(H2,30,35)(H,33,39). The van der Waals surface area contributed by atoms with Crippen LogP contribution < -0.4 is 22.0 Å². The van der Waals surface area contributed by atoms with Crippen LogP contribution in [-0.2, 0) is 0 Å². The van der Waals surface area contributed by atoms with Gasteiger partial charge in [0.1, 0.15) is 11.4 Å². The lowest BCUT2D eigenvalue weighted by atomic mass is 10.1. The Hall–Kier alpha value is -5.47. The first-order valence-corrected chi connectivity index (χ1v) is 12.6. The van der Waals surface area contributed by atoms with Gasteiger partial charge in [-0.3, -0.25) is 14.2 Å². The van der Waals surface area contributed by atoms with E-state index in [-0.39, 0.29) is 16.9 Å². The maximum Gasteiger partial charge on any atom is 0.267 e. The molecule has 1 atom stereocenters. The number of carbonyl (C=O) groups is 1. The van der Waals surface area contributed by atoms with Crippen molar-refractivity contribution < 1.29 is 4.79 Å². The lowest BCUT2D eigenvalue weighted by Crippen LogP contribution is -2.33. The molecule has 0 bridgehead atoms. The molecule has 1 aliphatic rings. The Bertz CT molecular complexity index is 1930. The van der Waals surface area contributed by atoms with E-state index in [1.54, 1.807) is 31.5 Å². The van der Waals surface area contributed by atoms with Crippen LogP contribution in [0.5, 0.6) is 0 Å². The Kier molecular flexibility index (Phi) is 6.22. The highest BCUT2D eigenvalue weighted by atomic mass is 16.2. The summed E-state index contributed by atoms with van der Waals surface area (Å²) in [6.07, 6.45) is 5.20. The van der Waals surface area contributed by atoms with Gasteiger partial charge in [-0.15, -0.1) is 5.10 Å². The van der Waals surface area contributed by atoms with E-state index in [1.165, 1.54) is 9.08 Å². The van der Waals surface area contributed by atoms with Crippen LogP contribution in [-0.4, -0.2) is 48.7 Å². The maximum atomic E-state index is 14.1. The van der Waals surface area contributed by atoms with Crippen molar-refractivity contribution in [1.29, 1.82) is 0 Å². The van der Waals surface area contributed by atoms with E-state index in [4.69, 9.17) is 10.7 Å². The summed E-state index contributed by atoms with van der Waals surface area (Å²) >= 11 is 0. The van der Waals surface area contributed by atoms with Gasteiger partial charge in [0.25, 0.3) is 11.5 Å². The summed E-state index contributed by atoms with van der Waals surface area (Å²) in [7, 11) is 1.89. The largest absolute Gasteiger partial charge is 0.381 e. The van der Waals surface area contributed by atoms with Crippen LogP contribution in [0.15, 0.2) is 83.6 Å². The van der Waals surface area contributed by atoms with E-state index < -0.39 is 11.9 Å². The summed E-state index contributed by atoms with van der Waals surface area (Å²) in [6, 6.07) is 15.6. The molecular weight excluding hydrogens is 506 g/mol. The Morgan fingerprint density at radius 1 is 1.12 bits per heavy atom. The predicted molar refractivity (Wildman–Crippen MR) is 151 cm³/mol. The normalized spacial score (nSPS) is 13.7. The number of rotatable bonds is 4. The fraction of sp³-hybridized carbons (Fsp3) is 0.138. The SMILES string of the molecule is CC(NC(=O)c1c(N)nn2cccnc12)c1nc2cccc(C#CC3=CCNN3C)c2c(=O)n1-c1ccccc1. The third-order valence-electron chi connectivity index (χ3n) is 6.63. The molecule has 0 spiro atoms. The quantitative estimate of drug-likeness (QED) is 0.301. The highest BCUT2D eigenvalue weighted by Gasteiger charge is 2.25. The van der Waals surface area contributed by atoms with E-state index in [2.05, 4.69) is 32.7 Å². The van der Waals surface area contributed by atoms with Gasteiger partial charge in [0, 0.05) is 31.5 Å². The molecule has 1 amide bonds. The van der Waals surface area contributed by atoms with Crippen LogP contribution in [0.2, 0.25) is 0 Å². The molecule has 11 nitrogen and oxygen atoms in total. The van der Waals surface area contributed by atoms with Gasteiger partial charge >= 0.3 is 0 Å². The number of hydrazine groups is 1. The van der Waals surface area contributed by atoms with Crippen LogP contribution in [0, 0.1) is 11.8 Å². The molecule has 0 aliphatic carbocycles. The van der Waals surface area contributed by atoms with Crippen molar-refractivity contribution in [1.82, 2.24) is 39.9 Å². The zero-order valence-electron chi connectivity index (χ0n) is 21.8. The highest BCUT2D eigenvalue weighted by molar-refractivity contribution is 6.04. The number of hydrogen-bond donors (Lipinski definition) is 3. The van der Waals surface area contributed by atoms with E-state index in [9.17, 15) is 9.59 Å². The van der Waals surface area contributed by atoms with Gasteiger partial charge in [-0.1, -0.05) is 30.2 Å². The molecule has 1 aliphatic heterocycles. The Morgan fingerprint density at radius 2 is 1.95 bits per heavy atom. The summed E-state index contributed by atoms with van der Waals surface area (Å²) in [5, 5.41) is 9.34. The van der Waals surface area contributed by atoms with Crippen LogP contribution in [0.4, 0.5) is 5.82 Å². The number of hydrogen-bond acceptors (Lipinski definition) is 8. The summed E-state index contributed by atoms with van der Waals surface area (Å²) in [4.78, 5) is 36.6. The first-order valence-electron chi connectivity index (χ1n) is 12.6. The minimum atomic E-state index is -0.680. The van der Waals surface area contributed by atoms with Crippen molar-refractivity contribution in [3.63, 3.8) is 0 Å². The van der Waals surface area contributed by atoms with Crippen molar-refractivity contribution in [2.45, 2.75) is 13.0 Å². The first kappa shape index (κ1) is 24.8. The molecule has 0 radical (unpaired) electrons. The molecule has 6 rings (SSSR count). The molecule has 0 fully saturated rings. The summed E-state index contributed by atoms with van der Waals surface area (Å²) in [5.74, 6) is 6.22. The van der Waals surface area contributed by atoms with Crippen LogP contribution >= 0.6 is 0 Å². The average molecular weight is 532 g/mol. The number of aromatic nitrogens is 5. The number of carbonyl (C=O) groups excluding carboxylic acids is 1. The number of allylic oxidation sites excluding steroid dienone is 1. The number of amides is 1. The van der Waals surface area contributed by atoms with Crippen molar-refractivity contribution in [2.24, 2.45) is 0 Å². The summed E-state index contributed by atoms with van der Waals surface area (Å²) < 4.78 is 2.96. The number of anilines is 1. The number of nitrogens with zero attached hydrogens (tertiary/aromatic N) is 6. The molecule has 198 valence electrons. The lowest BCUT2D eigenvalue weighted by Gasteiger charge is -2.20. The van der Waals surface area contributed by atoms with E-state index >= 15 is 0 Å². The van der Waals surface area contributed by atoms with Crippen molar-refractivity contribution in [3.05, 3.63) is 106 Å². The highest BCUT2D eigenvalue weighted by Crippen LogP contribution is 2.22. The molecule has 0 saturated heterocycles. The van der Waals surface area contributed by atoms with Crippen LogP contribution in [0.3, 0.4) is 0 Å². The molecule has 3 aromatic heterocycles. The smallest absolute Gasteiger partial charge is 0.267 e.